The molecule has 0 radical (unpaired) electrons. The first-order chi connectivity index (χ1) is 22.4. The average Bonchev–Trinajstić information content (AvgIpc) is 3.78. The number of hydrogen-bond acceptors (Lipinski definition) is 6. The number of nitrogens with one attached hydrogen (secondary N) is 1. The van der Waals surface area contributed by atoms with Crippen LogP contribution in [-0.4, -0.2) is 70.0 Å². The van der Waals surface area contributed by atoms with Gasteiger partial charge in [0.05, 0.1) is 54.0 Å². The van der Waals surface area contributed by atoms with Gasteiger partial charge in [0.1, 0.15) is 0 Å². The minimum Gasteiger partial charge on any atom is -0.432 e. The van der Waals surface area contributed by atoms with Crippen molar-refractivity contribution in [3.8, 4) is 5.69 Å². The van der Waals surface area contributed by atoms with Crippen molar-refractivity contribution in [3.05, 3.63) is 93.2 Å². The highest BCUT2D eigenvalue weighted by molar-refractivity contribution is 6.71. The number of carbonyl (C=O) groups excluding carboxylic acids is 2. The zero-order valence-corrected chi connectivity index (χ0v) is 28.4. The predicted molar refractivity (Wildman–Crippen MR) is 182 cm³/mol. The van der Waals surface area contributed by atoms with E-state index in [1.165, 1.54) is 4.68 Å². The van der Waals surface area contributed by atoms with Crippen molar-refractivity contribution >= 4 is 48.3 Å². The van der Waals surface area contributed by atoms with Crippen LogP contribution < -0.4 is 10.5 Å². The molecule has 4 heterocycles. The van der Waals surface area contributed by atoms with Gasteiger partial charge in [-0.05, 0) is 74.0 Å². The smallest absolute Gasteiger partial charge is 0.279 e. The van der Waals surface area contributed by atoms with Crippen molar-refractivity contribution in [3.63, 3.8) is 0 Å². The molecule has 246 valence electrons. The Balaban J connectivity index is 1.21. The van der Waals surface area contributed by atoms with Crippen molar-refractivity contribution in [2.75, 3.05) is 18.1 Å². The van der Waals surface area contributed by atoms with Gasteiger partial charge in [-0.2, -0.15) is 0 Å². The molecule has 0 saturated carbocycles. The molecule has 1 aromatic heterocycles. The lowest BCUT2D eigenvalue weighted by Crippen LogP contribution is -2.46. The number of aromatic nitrogens is 2. The van der Waals surface area contributed by atoms with Crippen LogP contribution in [0.4, 0.5) is 5.69 Å². The van der Waals surface area contributed by atoms with Gasteiger partial charge in [0.2, 0.25) is 5.91 Å². The van der Waals surface area contributed by atoms with Gasteiger partial charge in [-0.1, -0.05) is 42.8 Å². The molecule has 4 aromatic rings. The molecule has 0 unspecified atom stereocenters. The van der Waals surface area contributed by atoms with Crippen molar-refractivity contribution in [2.24, 2.45) is 5.92 Å². The topological polar surface area (TPSA) is 128 Å². The Kier molecular flexibility index (Phi) is 7.96. The van der Waals surface area contributed by atoms with Crippen molar-refractivity contribution in [2.45, 2.75) is 69.1 Å². The lowest BCUT2D eigenvalue weighted by atomic mass is 9.82. The number of likely N-dealkylation sites (tertiary alicyclic amines) is 1. The number of ether oxygens (including phenoxy) is 1. The summed E-state index contributed by atoms with van der Waals surface area (Å²) in [5.74, 6) is -0.835. The zero-order chi connectivity index (χ0) is 33.2. The van der Waals surface area contributed by atoms with E-state index in [1.54, 1.807) is 28.0 Å². The first-order valence-electron chi connectivity index (χ1n) is 16.2. The Morgan fingerprint density at radius 3 is 2.55 bits per heavy atom. The summed E-state index contributed by atoms with van der Waals surface area (Å²) in [5.41, 5.74) is 1.59. The lowest BCUT2D eigenvalue weighted by molar-refractivity contribution is -0.150. The molecule has 47 heavy (non-hydrogen) atoms. The fraction of sp³-hybridized carbons (Fsp3) is 0.400. The molecule has 5 atom stereocenters. The summed E-state index contributed by atoms with van der Waals surface area (Å²) in [6.45, 7) is 6.31. The van der Waals surface area contributed by atoms with Gasteiger partial charge in [0, 0.05) is 28.6 Å². The number of carbonyl (C=O) groups is 2. The van der Waals surface area contributed by atoms with Crippen LogP contribution >= 0.6 is 11.6 Å². The highest BCUT2D eigenvalue weighted by atomic mass is 35.5. The number of aliphatic hydroxyl groups is 1. The molecule has 2 amide bonds. The van der Waals surface area contributed by atoms with Gasteiger partial charge in [0.15, 0.2) is 13.9 Å². The highest BCUT2D eigenvalue weighted by Crippen LogP contribution is 2.60. The first-order valence-corrected chi connectivity index (χ1v) is 19.6. The Hall–Kier alpha value is -3.74. The number of rotatable bonds is 7. The summed E-state index contributed by atoms with van der Waals surface area (Å²) in [5, 5.41) is 14.0. The minimum atomic E-state index is -2.97. The van der Waals surface area contributed by atoms with Gasteiger partial charge in [-0.3, -0.25) is 19.5 Å². The van der Waals surface area contributed by atoms with Crippen molar-refractivity contribution < 1.29 is 24.2 Å². The summed E-state index contributed by atoms with van der Waals surface area (Å²) < 4.78 is 8.32. The maximum absolute atomic E-state index is 14.7. The number of aromatic amines is 1. The first kappa shape index (κ1) is 31.8. The summed E-state index contributed by atoms with van der Waals surface area (Å²) in [4.78, 5) is 56.2. The number of halogens is 1. The van der Waals surface area contributed by atoms with E-state index in [-0.39, 0.29) is 43.0 Å². The highest BCUT2D eigenvalue weighted by Gasteiger charge is 2.66. The van der Waals surface area contributed by atoms with E-state index in [1.807, 2.05) is 68.5 Å². The third-order valence-electron chi connectivity index (χ3n) is 10.4. The third-order valence-corrected chi connectivity index (χ3v) is 13.1. The van der Waals surface area contributed by atoms with Crippen LogP contribution in [0.5, 0.6) is 0 Å². The molecule has 1 spiro atoms. The van der Waals surface area contributed by atoms with Crippen LogP contribution in [-0.2, 0) is 26.5 Å². The molecule has 7 rings (SSSR count). The second kappa shape index (κ2) is 11.7. The molecule has 0 aliphatic carbocycles. The monoisotopic (exact) mass is 674 g/mol. The Bertz CT molecular complexity index is 1920. The van der Waals surface area contributed by atoms with Gasteiger partial charge >= 0.3 is 0 Å². The summed E-state index contributed by atoms with van der Waals surface area (Å²) >= 11 is 6.53. The van der Waals surface area contributed by atoms with Crippen molar-refractivity contribution in [1.82, 2.24) is 14.7 Å². The second-order valence-electron chi connectivity index (χ2n) is 13.6. The van der Waals surface area contributed by atoms with E-state index < -0.39 is 31.5 Å². The molecule has 12 heteroatoms. The fourth-order valence-corrected chi connectivity index (χ4v) is 10.9. The van der Waals surface area contributed by atoms with E-state index in [2.05, 4.69) is 5.10 Å². The Morgan fingerprint density at radius 2 is 1.85 bits per heavy atom. The molecule has 3 aliphatic heterocycles. The van der Waals surface area contributed by atoms with Crippen LogP contribution in [0.15, 0.2) is 71.5 Å². The molecule has 2 fully saturated rings. The Morgan fingerprint density at radius 1 is 1.11 bits per heavy atom. The number of benzene rings is 3. The lowest BCUT2D eigenvalue weighted by Gasteiger charge is -2.32. The standard InChI is InChI=1S/C35H39ClN4O6Si/c1-21-32(47(2,3)45)30(18-31(42)38-16-6-7-25(38)20-41)46-35(21)27-17-23(36)12-15-29(27)39(34(35)44)19-22-10-13-24(14-11-22)40-33(43)26-8-4-5-9-28(26)37-40/h4-5,8-15,17,21,25,30,32,37,41,45H,6-7,16,18-20H2,1-3H3/t21-,25-,30+,32-,35+/m0/s1. The SMILES string of the molecule is C[C@H]1[C@H]([Si](C)(C)O)[C@@H](CC(=O)N2CCC[C@H]2CO)O[C@]12C(=O)N(Cc1ccc(-n3[nH]c4ccccc4c3=O)cc1)c1ccc(Cl)cc12. The van der Waals surface area contributed by atoms with Crippen molar-refractivity contribution in [1.29, 1.82) is 0 Å². The Labute approximate surface area is 278 Å². The van der Waals surface area contributed by atoms with Crippen LogP contribution in [0.3, 0.4) is 0 Å². The molecule has 3 aliphatic rings. The predicted octanol–water partition coefficient (Wildman–Crippen LogP) is 4.69. The van der Waals surface area contributed by atoms with Gasteiger partial charge < -0.3 is 24.4 Å². The molecular formula is C35H39ClN4O6Si. The summed E-state index contributed by atoms with van der Waals surface area (Å²) in [6, 6.07) is 19.9. The molecule has 2 saturated heterocycles. The van der Waals surface area contributed by atoms with E-state index in [0.29, 0.717) is 33.9 Å². The fourth-order valence-electron chi connectivity index (χ4n) is 8.22. The number of aliphatic hydroxyl groups excluding tert-OH is 1. The van der Waals surface area contributed by atoms with Crippen LogP contribution in [0.1, 0.15) is 37.3 Å². The van der Waals surface area contributed by atoms with Gasteiger partial charge in [-0.15, -0.1) is 0 Å². The maximum Gasteiger partial charge on any atom is 0.279 e. The molecule has 0 bridgehead atoms. The van der Waals surface area contributed by atoms with E-state index in [4.69, 9.17) is 16.3 Å². The van der Waals surface area contributed by atoms with E-state index >= 15 is 0 Å². The zero-order valence-electron chi connectivity index (χ0n) is 26.6. The number of fused-ring (bicyclic) bond motifs is 3. The third kappa shape index (κ3) is 5.16. The largest absolute Gasteiger partial charge is 0.432 e. The number of amides is 2. The summed E-state index contributed by atoms with van der Waals surface area (Å²) in [6.07, 6.45) is 0.901. The normalized spacial score (nSPS) is 25.8. The second-order valence-corrected chi connectivity index (χ2v) is 18.1. The number of hydrogen-bond donors (Lipinski definition) is 3. The van der Waals surface area contributed by atoms with Crippen LogP contribution in [0, 0.1) is 5.92 Å². The number of nitrogens with zero attached hydrogens (tertiary/aromatic N) is 3. The van der Waals surface area contributed by atoms with Gasteiger partial charge in [-0.25, -0.2) is 4.68 Å². The molecule has 3 aromatic carbocycles. The number of para-hydroxylation sites is 1. The number of H-pyrrole nitrogens is 1. The summed E-state index contributed by atoms with van der Waals surface area (Å²) in [7, 11) is -2.97. The van der Waals surface area contributed by atoms with Crippen LogP contribution in [0.2, 0.25) is 23.7 Å². The van der Waals surface area contributed by atoms with Gasteiger partial charge in [0.25, 0.3) is 11.5 Å². The van der Waals surface area contributed by atoms with E-state index in [0.717, 1.165) is 23.9 Å². The average molecular weight is 675 g/mol. The molecular weight excluding hydrogens is 636 g/mol. The molecule has 10 nitrogen and oxygen atoms in total. The quantitative estimate of drug-likeness (QED) is 0.244. The number of anilines is 1. The maximum atomic E-state index is 14.7. The van der Waals surface area contributed by atoms with E-state index in [9.17, 15) is 24.3 Å². The minimum absolute atomic E-state index is 0.0159. The molecule has 3 N–H and O–H groups in total. The van der Waals surface area contributed by atoms with Crippen LogP contribution in [0.25, 0.3) is 16.6 Å².